The van der Waals surface area contributed by atoms with Crippen LogP contribution in [0.1, 0.15) is 31.1 Å². The maximum atomic E-state index is 12.3. The number of esters is 1. The number of benzene rings is 2. The number of nitro groups is 1. The van der Waals surface area contributed by atoms with Gasteiger partial charge in [-0.2, -0.15) is 0 Å². The summed E-state index contributed by atoms with van der Waals surface area (Å²) in [5.74, 6) is -1.44. The lowest BCUT2D eigenvalue weighted by Gasteiger charge is -2.18. The zero-order chi connectivity index (χ0) is 21.0. The van der Waals surface area contributed by atoms with E-state index in [0.717, 1.165) is 25.3 Å². The molecule has 1 aliphatic rings. The van der Waals surface area contributed by atoms with Crippen molar-refractivity contribution in [1.82, 2.24) is 10.9 Å². The highest BCUT2D eigenvalue weighted by atomic mass is 16.6. The molecule has 1 aliphatic heterocycles. The molecule has 0 aliphatic carbocycles. The van der Waals surface area contributed by atoms with Crippen LogP contribution in [0.2, 0.25) is 0 Å². The summed E-state index contributed by atoms with van der Waals surface area (Å²) in [6.07, 6.45) is 0. The highest BCUT2D eigenvalue weighted by molar-refractivity contribution is 6.01. The molecule has 150 valence electrons. The van der Waals surface area contributed by atoms with Crippen molar-refractivity contribution in [2.24, 2.45) is 0 Å². The third-order valence-corrected chi connectivity index (χ3v) is 3.91. The fourth-order valence-electron chi connectivity index (χ4n) is 2.53. The van der Waals surface area contributed by atoms with Crippen molar-refractivity contribution in [2.75, 3.05) is 20.3 Å². The van der Waals surface area contributed by atoms with Crippen LogP contribution in [0.5, 0.6) is 11.5 Å². The van der Waals surface area contributed by atoms with Crippen LogP contribution >= 0.6 is 0 Å². The summed E-state index contributed by atoms with van der Waals surface area (Å²) in [4.78, 5) is 46.5. The van der Waals surface area contributed by atoms with E-state index in [1.807, 2.05) is 0 Å². The molecule has 29 heavy (non-hydrogen) atoms. The number of rotatable bonds is 4. The first-order valence-corrected chi connectivity index (χ1v) is 8.27. The number of non-ortho nitro benzene ring substituents is 1. The fourth-order valence-corrected chi connectivity index (χ4v) is 2.53. The molecule has 3 rings (SSSR count). The second kappa shape index (κ2) is 8.25. The third kappa shape index (κ3) is 4.40. The highest BCUT2D eigenvalue weighted by Gasteiger charge is 2.19. The topological polar surface area (TPSA) is 146 Å². The molecule has 2 N–H and O–H groups in total. The maximum Gasteiger partial charge on any atom is 0.338 e. The molecule has 0 aromatic heterocycles. The van der Waals surface area contributed by atoms with Gasteiger partial charge in [0.05, 0.1) is 17.6 Å². The minimum Gasteiger partial charge on any atom is -0.486 e. The first-order valence-electron chi connectivity index (χ1n) is 8.27. The number of methoxy groups -OCH3 is 1. The number of hydrazine groups is 1. The van der Waals surface area contributed by atoms with Crippen LogP contribution in [0.4, 0.5) is 5.69 Å². The summed E-state index contributed by atoms with van der Waals surface area (Å²) < 4.78 is 15.3. The van der Waals surface area contributed by atoms with Crippen molar-refractivity contribution in [3.8, 4) is 11.5 Å². The Morgan fingerprint density at radius 3 is 2.21 bits per heavy atom. The Morgan fingerprint density at radius 1 is 0.931 bits per heavy atom. The third-order valence-electron chi connectivity index (χ3n) is 3.91. The second-order valence-electron chi connectivity index (χ2n) is 5.78. The lowest BCUT2D eigenvalue weighted by atomic mass is 10.1. The van der Waals surface area contributed by atoms with Crippen LogP contribution in [0, 0.1) is 10.1 Å². The smallest absolute Gasteiger partial charge is 0.338 e. The molecule has 0 atom stereocenters. The molecule has 11 heteroatoms. The average molecular weight is 401 g/mol. The van der Waals surface area contributed by atoms with Crippen LogP contribution in [0.3, 0.4) is 0 Å². The van der Waals surface area contributed by atoms with Crippen molar-refractivity contribution in [1.29, 1.82) is 0 Å². The van der Waals surface area contributed by atoms with Crippen LogP contribution in [-0.2, 0) is 4.74 Å². The van der Waals surface area contributed by atoms with E-state index in [-0.39, 0.29) is 16.7 Å². The Labute approximate surface area is 163 Å². The lowest BCUT2D eigenvalue weighted by Crippen LogP contribution is -2.41. The number of fused-ring (bicyclic) bond motifs is 1. The zero-order valence-corrected chi connectivity index (χ0v) is 15.1. The molecule has 0 radical (unpaired) electrons. The van der Waals surface area contributed by atoms with Crippen molar-refractivity contribution in [3.05, 3.63) is 63.2 Å². The number of ether oxygens (including phenoxy) is 3. The quantitative estimate of drug-likeness (QED) is 0.442. The molecule has 0 saturated heterocycles. The Kier molecular flexibility index (Phi) is 5.58. The predicted octanol–water partition coefficient (Wildman–Crippen LogP) is 1.23. The Balaban J connectivity index is 1.73. The van der Waals surface area contributed by atoms with Gasteiger partial charge in [-0.05, 0) is 24.3 Å². The Hall–Kier alpha value is -4.15. The Bertz CT molecular complexity index is 1000. The van der Waals surface area contributed by atoms with Gasteiger partial charge in [0, 0.05) is 23.3 Å². The molecular weight excluding hydrogens is 386 g/mol. The summed E-state index contributed by atoms with van der Waals surface area (Å²) in [5.41, 5.74) is 3.68. The molecule has 0 fully saturated rings. The van der Waals surface area contributed by atoms with Gasteiger partial charge in [-0.3, -0.25) is 30.6 Å². The standard InChI is InChI=1S/C18H15N3O8/c1-27-18(24)12-6-11(7-13(8-12)21(25)26)17(23)20-19-16(22)10-2-3-14-15(9-10)29-5-4-28-14/h2-3,6-9H,4-5H2,1H3,(H,19,22)(H,20,23). The highest BCUT2D eigenvalue weighted by Crippen LogP contribution is 2.30. The molecule has 2 aromatic carbocycles. The number of hydrogen-bond acceptors (Lipinski definition) is 8. The van der Waals surface area contributed by atoms with Gasteiger partial charge in [0.25, 0.3) is 17.5 Å². The van der Waals surface area contributed by atoms with Gasteiger partial charge in [0.2, 0.25) is 0 Å². The van der Waals surface area contributed by atoms with Crippen molar-refractivity contribution >= 4 is 23.5 Å². The second-order valence-corrected chi connectivity index (χ2v) is 5.78. The van der Waals surface area contributed by atoms with E-state index in [0.29, 0.717) is 24.7 Å². The predicted molar refractivity (Wildman–Crippen MR) is 96.8 cm³/mol. The van der Waals surface area contributed by atoms with Crippen LogP contribution < -0.4 is 20.3 Å². The largest absolute Gasteiger partial charge is 0.486 e. The maximum absolute atomic E-state index is 12.3. The van der Waals surface area contributed by atoms with Gasteiger partial charge >= 0.3 is 5.97 Å². The van der Waals surface area contributed by atoms with Crippen LogP contribution in [-0.4, -0.2) is 43.0 Å². The normalized spacial score (nSPS) is 11.9. The zero-order valence-electron chi connectivity index (χ0n) is 15.1. The van der Waals surface area contributed by atoms with Gasteiger partial charge in [-0.15, -0.1) is 0 Å². The number of carbonyl (C=O) groups is 3. The summed E-state index contributed by atoms with van der Waals surface area (Å²) >= 11 is 0. The van der Waals surface area contributed by atoms with Crippen LogP contribution in [0.15, 0.2) is 36.4 Å². The van der Waals surface area contributed by atoms with Crippen molar-refractivity contribution < 1.29 is 33.5 Å². The monoisotopic (exact) mass is 401 g/mol. The lowest BCUT2D eigenvalue weighted by molar-refractivity contribution is -0.384. The van der Waals surface area contributed by atoms with E-state index < -0.39 is 28.4 Å². The number of hydrogen-bond donors (Lipinski definition) is 2. The summed E-state index contributed by atoms with van der Waals surface area (Å²) in [7, 11) is 1.11. The van der Waals surface area contributed by atoms with E-state index >= 15 is 0 Å². The van der Waals surface area contributed by atoms with Gasteiger partial charge in [-0.25, -0.2) is 4.79 Å². The number of amides is 2. The van der Waals surface area contributed by atoms with Gasteiger partial charge in [0.15, 0.2) is 11.5 Å². The van der Waals surface area contributed by atoms with E-state index in [1.165, 1.54) is 12.1 Å². The van der Waals surface area contributed by atoms with Gasteiger partial charge in [0.1, 0.15) is 13.2 Å². The molecule has 11 nitrogen and oxygen atoms in total. The molecule has 0 saturated carbocycles. The molecule has 0 bridgehead atoms. The molecule has 0 unspecified atom stereocenters. The summed E-state index contributed by atoms with van der Waals surface area (Å²) in [6, 6.07) is 7.57. The molecular formula is C18H15N3O8. The number of nitrogens with one attached hydrogen (secondary N) is 2. The molecule has 2 aromatic rings. The molecule has 2 amide bonds. The van der Waals surface area contributed by atoms with Gasteiger partial charge < -0.3 is 14.2 Å². The first-order chi connectivity index (χ1) is 13.9. The number of nitro benzene ring substituents is 1. The van der Waals surface area contributed by atoms with E-state index in [4.69, 9.17) is 9.47 Å². The fraction of sp³-hybridized carbons (Fsp3) is 0.167. The minimum atomic E-state index is -0.857. The molecule has 1 heterocycles. The van der Waals surface area contributed by atoms with E-state index in [9.17, 15) is 24.5 Å². The number of carbonyl (C=O) groups excluding carboxylic acids is 3. The van der Waals surface area contributed by atoms with E-state index in [1.54, 1.807) is 6.07 Å². The summed E-state index contributed by atoms with van der Waals surface area (Å²) in [5, 5.41) is 11.0. The Morgan fingerprint density at radius 2 is 1.55 bits per heavy atom. The first kappa shape index (κ1) is 19.6. The van der Waals surface area contributed by atoms with E-state index in [2.05, 4.69) is 15.6 Å². The van der Waals surface area contributed by atoms with Crippen molar-refractivity contribution in [2.45, 2.75) is 0 Å². The average Bonchev–Trinajstić information content (AvgIpc) is 2.75. The summed E-state index contributed by atoms with van der Waals surface area (Å²) in [6.45, 7) is 0.759. The molecule has 0 spiro atoms. The SMILES string of the molecule is COC(=O)c1cc(C(=O)NNC(=O)c2ccc3c(c2)OCCO3)cc([N+](=O)[O-])c1. The van der Waals surface area contributed by atoms with Crippen LogP contribution in [0.25, 0.3) is 0 Å². The number of nitrogens with zero attached hydrogens (tertiary/aromatic N) is 1. The minimum absolute atomic E-state index is 0.176. The van der Waals surface area contributed by atoms with Crippen molar-refractivity contribution in [3.63, 3.8) is 0 Å². The van der Waals surface area contributed by atoms with Gasteiger partial charge in [-0.1, -0.05) is 0 Å².